The van der Waals surface area contributed by atoms with Crippen molar-refractivity contribution in [2.45, 2.75) is 11.3 Å². The van der Waals surface area contributed by atoms with Crippen LogP contribution >= 0.6 is 34.2 Å². The van der Waals surface area contributed by atoms with E-state index < -0.39 is 10.1 Å². The van der Waals surface area contributed by atoms with Gasteiger partial charge in [0, 0.05) is 18.1 Å². The van der Waals surface area contributed by atoms with Gasteiger partial charge in [-0.3, -0.25) is 0 Å². The molecule has 25 heavy (non-hydrogen) atoms. The quantitative estimate of drug-likeness (QED) is 0.265. The molecule has 6 nitrogen and oxygen atoms in total. The van der Waals surface area contributed by atoms with Gasteiger partial charge >= 0.3 is 16.1 Å². The Bertz CT molecular complexity index is 828. The number of alkyl halides is 1. The van der Waals surface area contributed by atoms with Gasteiger partial charge in [-0.1, -0.05) is 12.1 Å². The lowest BCUT2D eigenvalue weighted by Crippen LogP contribution is -2.29. The SMILES string of the molecule is O=C(NCCCCl)Nc1ccc(S(=O)(=O)Oc2ccccc2I)cc1. The van der Waals surface area contributed by atoms with Crippen molar-refractivity contribution >= 4 is 56.0 Å². The van der Waals surface area contributed by atoms with Gasteiger partial charge in [-0.05, 0) is 65.4 Å². The Balaban J connectivity index is 2.03. The lowest BCUT2D eigenvalue weighted by molar-refractivity contribution is 0.252. The summed E-state index contributed by atoms with van der Waals surface area (Å²) in [5.74, 6) is 0.733. The molecule has 134 valence electrons. The molecule has 2 rings (SSSR count). The van der Waals surface area contributed by atoms with Crippen molar-refractivity contribution in [3.05, 3.63) is 52.1 Å². The van der Waals surface area contributed by atoms with Crippen LogP contribution in [0.5, 0.6) is 5.75 Å². The number of para-hydroxylation sites is 1. The highest BCUT2D eigenvalue weighted by atomic mass is 127. The molecule has 0 aliphatic carbocycles. The number of hydrogen-bond donors (Lipinski definition) is 2. The van der Waals surface area contributed by atoms with Crippen molar-refractivity contribution in [1.82, 2.24) is 5.32 Å². The summed E-state index contributed by atoms with van der Waals surface area (Å²) in [6.07, 6.45) is 0.668. The molecule has 2 N–H and O–H groups in total. The van der Waals surface area contributed by atoms with E-state index in [9.17, 15) is 13.2 Å². The second kappa shape index (κ2) is 9.25. The van der Waals surface area contributed by atoms with Crippen LogP contribution in [0.4, 0.5) is 10.5 Å². The number of carbonyl (C=O) groups excluding carboxylic acids is 1. The first-order chi connectivity index (χ1) is 11.9. The first-order valence-corrected chi connectivity index (χ1v) is 10.3. The molecule has 0 aliphatic rings. The molecule has 2 amide bonds. The van der Waals surface area contributed by atoms with E-state index in [0.717, 1.165) is 0 Å². The van der Waals surface area contributed by atoms with Crippen molar-refractivity contribution in [3.63, 3.8) is 0 Å². The first-order valence-electron chi connectivity index (χ1n) is 7.32. The number of benzene rings is 2. The Morgan fingerprint density at radius 3 is 2.44 bits per heavy atom. The van der Waals surface area contributed by atoms with Crippen LogP contribution in [-0.4, -0.2) is 26.9 Å². The predicted octanol–water partition coefficient (Wildman–Crippen LogP) is 3.81. The van der Waals surface area contributed by atoms with E-state index in [1.165, 1.54) is 24.3 Å². The number of nitrogens with one attached hydrogen (secondary N) is 2. The van der Waals surface area contributed by atoms with Gasteiger partial charge in [0.2, 0.25) is 0 Å². The van der Waals surface area contributed by atoms with Gasteiger partial charge < -0.3 is 14.8 Å². The largest absolute Gasteiger partial charge is 0.378 e. The highest BCUT2D eigenvalue weighted by molar-refractivity contribution is 14.1. The summed E-state index contributed by atoms with van der Waals surface area (Å²) in [6.45, 7) is 0.464. The number of rotatable bonds is 7. The fourth-order valence-corrected chi connectivity index (χ4v) is 3.56. The van der Waals surface area contributed by atoms with Crippen molar-refractivity contribution in [2.24, 2.45) is 0 Å². The Kier molecular flexibility index (Phi) is 7.33. The summed E-state index contributed by atoms with van der Waals surface area (Å²) < 4.78 is 30.5. The highest BCUT2D eigenvalue weighted by Crippen LogP contribution is 2.24. The second-order valence-electron chi connectivity index (χ2n) is 4.92. The molecular formula is C16H16ClIN2O4S. The van der Waals surface area contributed by atoms with Gasteiger partial charge in [-0.25, -0.2) is 4.79 Å². The number of halogens is 2. The molecule has 0 heterocycles. The predicted molar refractivity (Wildman–Crippen MR) is 106 cm³/mol. The monoisotopic (exact) mass is 494 g/mol. The van der Waals surface area contributed by atoms with Gasteiger partial charge in [0.1, 0.15) is 4.90 Å². The minimum absolute atomic E-state index is 0.000233. The average Bonchev–Trinajstić information content (AvgIpc) is 2.57. The topological polar surface area (TPSA) is 84.5 Å². The highest BCUT2D eigenvalue weighted by Gasteiger charge is 2.18. The number of carbonyl (C=O) groups is 1. The average molecular weight is 495 g/mol. The molecule has 2 aromatic rings. The second-order valence-corrected chi connectivity index (χ2v) is 8.00. The van der Waals surface area contributed by atoms with Gasteiger partial charge in [0.25, 0.3) is 0 Å². The Hall–Kier alpha value is -1.52. The van der Waals surface area contributed by atoms with Crippen LogP contribution in [-0.2, 0) is 10.1 Å². The molecule has 0 saturated heterocycles. The Labute approximate surface area is 165 Å². The third-order valence-electron chi connectivity index (χ3n) is 3.03. The van der Waals surface area contributed by atoms with E-state index in [1.807, 2.05) is 22.6 Å². The maximum absolute atomic E-state index is 12.3. The smallest absolute Gasteiger partial charge is 0.339 e. The van der Waals surface area contributed by atoms with E-state index in [0.29, 0.717) is 28.1 Å². The normalized spacial score (nSPS) is 11.0. The zero-order valence-electron chi connectivity index (χ0n) is 13.0. The van der Waals surface area contributed by atoms with Gasteiger partial charge in [0.05, 0.1) is 3.57 Å². The summed E-state index contributed by atoms with van der Waals surface area (Å²) in [7, 11) is -3.95. The Morgan fingerprint density at radius 1 is 1.12 bits per heavy atom. The molecule has 0 spiro atoms. The third kappa shape index (κ3) is 6.05. The molecule has 0 aromatic heterocycles. The fourth-order valence-electron chi connectivity index (χ4n) is 1.83. The summed E-state index contributed by atoms with van der Waals surface area (Å²) in [5, 5.41) is 5.25. The van der Waals surface area contributed by atoms with Crippen LogP contribution in [0, 0.1) is 3.57 Å². The van der Waals surface area contributed by atoms with E-state index >= 15 is 0 Å². The molecule has 0 bridgehead atoms. The maximum atomic E-state index is 12.3. The zero-order valence-corrected chi connectivity index (χ0v) is 16.8. The zero-order chi connectivity index (χ0) is 18.3. The van der Waals surface area contributed by atoms with Crippen molar-refractivity contribution in [2.75, 3.05) is 17.7 Å². The van der Waals surface area contributed by atoms with Crippen LogP contribution in [0.15, 0.2) is 53.4 Å². The molecule has 0 unspecified atom stereocenters. The van der Waals surface area contributed by atoms with Crippen LogP contribution in [0.1, 0.15) is 6.42 Å². The lowest BCUT2D eigenvalue weighted by atomic mass is 10.3. The van der Waals surface area contributed by atoms with E-state index in [2.05, 4.69) is 10.6 Å². The molecule has 0 radical (unpaired) electrons. The maximum Gasteiger partial charge on any atom is 0.339 e. The van der Waals surface area contributed by atoms with E-state index in [4.69, 9.17) is 15.8 Å². The number of anilines is 1. The van der Waals surface area contributed by atoms with Crippen LogP contribution in [0.3, 0.4) is 0 Å². The van der Waals surface area contributed by atoms with Crippen LogP contribution in [0.2, 0.25) is 0 Å². The molecule has 0 fully saturated rings. The van der Waals surface area contributed by atoms with E-state index in [-0.39, 0.29) is 16.7 Å². The molecule has 0 aliphatic heterocycles. The first kappa shape index (κ1) is 19.8. The fraction of sp³-hybridized carbons (Fsp3) is 0.188. The van der Waals surface area contributed by atoms with Crippen molar-refractivity contribution < 1.29 is 17.4 Å². The van der Waals surface area contributed by atoms with Crippen LogP contribution in [0.25, 0.3) is 0 Å². The lowest BCUT2D eigenvalue weighted by Gasteiger charge is -2.10. The molecule has 9 heteroatoms. The summed E-state index contributed by atoms with van der Waals surface area (Å²) in [5.41, 5.74) is 0.469. The molecule has 0 atom stereocenters. The Morgan fingerprint density at radius 2 is 1.80 bits per heavy atom. The molecule has 0 saturated carbocycles. The molecule has 2 aromatic carbocycles. The summed E-state index contributed by atoms with van der Waals surface area (Å²) in [4.78, 5) is 11.6. The van der Waals surface area contributed by atoms with Gasteiger partial charge in [-0.15, -0.1) is 11.6 Å². The number of urea groups is 1. The van der Waals surface area contributed by atoms with Crippen LogP contribution < -0.4 is 14.8 Å². The third-order valence-corrected chi connectivity index (χ3v) is 5.44. The van der Waals surface area contributed by atoms with Crippen molar-refractivity contribution in [1.29, 1.82) is 0 Å². The van der Waals surface area contributed by atoms with E-state index in [1.54, 1.807) is 24.3 Å². The number of hydrogen-bond acceptors (Lipinski definition) is 4. The van der Waals surface area contributed by atoms with Crippen molar-refractivity contribution in [3.8, 4) is 5.75 Å². The minimum Gasteiger partial charge on any atom is -0.378 e. The standard InChI is InChI=1S/C16H16ClIN2O4S/c17-10-3-11-19-16(21)20-12-6-8-13(9-7-12)25(22,23)24-15-5-2-1-4-14(15)18/h1-2,4-9H,3,10-11H2,(H2,19,20,21). The summed E-state index contributed by atoms with van der Waals surface area (Å²) >= 11 is 7.53. The molecular weight excluding hydrogens is 479 g/mol. The number of amides is 2. The summed E-state index contributed by atoms with van der Waals surface area (Å²) in [6, 6.07) is 12.2. The van der Waals surface area contributed by atoms with Gasteiger partial charge in [0.15, 0.2) is 5.75 Å². The van der Waals surface area contributed by atoms with Gasteiger partial charge in [-0.2, -0.15) is 8.42 Å². The minimum atomic E-state index is -3.95.